The molecule has 0 radical (unpaired) electrons. The highest BCUT2D eigenvalue weighted by Gasteiger charge is 2.09. The fourth-order valence-electron chi connectivity index (χ4n) is 2.11. The summed E-state index contributed by atoms with van der Waals surface area (Å²) in [4.78, 5) is 0. The van der Waals surface area contributed by atoms with Gasteiger partial charge in [-0.05, 0) is 48.9 Å². The Kier molecular flexibility index (Phi) is 7.68. The van der Waals surface area contributed by atoms with E-state index in [2.05, 4.69) is 64.2 Å². The number of ether oxygens (including phenoxy) is 1. The molecule has 0 aromatic heterocycles. The van der Waals surface area contributed by atoms with Gasteiger partial charge in [-0.2, -0.15) is 0 Å². The van der Waals surface area contributed by atoms with E-state index in [9.17, 15) is 0 Å². The van der Waals surface area contributed by atoms with E-state index in [1.807, 2.05) is 0 Å². The normalized spacial score (nSPS) is 14.3. The molecule has 2 nitrogen and oxygen atoms in total. The second kappa shape index (κ2) is 9.02. The lowest BCUT2D eigenvalue weighted by atomic mass is 9.99. The van der Waals surface area contributed by atoms with Crippen LogP contribution in [0, 0.1) is 5.92 Å². The van der Waals surface area contributed by atoms with Crippen molar-refractivity contribution in [2.24, 2.45) is 5.92 Å². The van der Waals surface area contributed by atoms with Crippen molar-refractivity contribution in [1.82, 2.24) is 5.32 Å². The molecule has 0 fully saturated rings. The second-order valence-corrected chi connectivity index (χ2v) is 6.08. The van der Waals surface area contributed by atoms with Crippen LogP contribution in [0.3, 0.4) is 0 Å². The SMILES string of the molecule is CCC(CNCC(C)C)Oc1ccc(C(C)CC)cc1. The van der Waals surface area contributed by atoms with Crippen molar-refractivity contribution in [3.8, 4) is 5.75 Å². The lowest BCUT2D eigenvalue weighted by Gasteiger charge is -2.19. The van der Waals surface area contributed by atoms with Crippen molar-refractivity contribution >= 4 is 0 Å². The van der Waals surface area contributed by atoms with Crippen LogP contribution in [0.15, 0.2) is 24.3 Å². The molecule has 2 heteroatoms. The van der Waals surface area contributed by atoms with E-state index in [1.165, 1.54) is 12.0 Å². The van der Waals surface area contributed by atoms with E-state index in [4.69, 9.17) is 4.74 Å². The maximum Gasteiger partial charge on any atom is 0.119 e. The van der Waals surface area contributed by atoms with Crippen molar-refractivity contribution in [3.05, 3.63) is 29.8 Å². The number of rotatable bonds is 9. The number of benzene rings is 1. The van der Waals surface area contributed by atoms with Crippen LogP contribution < -0.4 is 10.1 Å². The van der Waals surface area contributed by atoms with Crippen molar-refractivity contribution in [2.45, 2.75) is 59.5 Å². The third kappa shape index (κ3) is 5.96. The smallest absolute Gasteiger partial charge is 0.119 e. The highest BCUT2D eigenvalue weighted by molar-refractivity contribution is 5.29. The van der Waals surface area contributed by atoms with Crippen molar-refractivity contribution in [3.63, 3.8) is 0 Å². The molecule has 0 saturated carbocycles. The fourth-order valence-corrected chi connectivity index (χ4v) is 2.11. The maximum atomic E-state index is 6.05. The molecule has 0 aliphatic rings. The Balaban J connectivity index is 2.48. The average Bonchev–Trinajstić information content (AvgIpc) is 2.45. The van der Waals surface area contributed by atoms with Crippen LogP contribution >= 0.6 is 0 Å². The number of hydrogen-bond acceptors (Lipinski definition) is 2. The third-order valence-corrected chi connectivity index (χ3v) is 3.74. The quantitative estimate of drug-likeness (QED) is 0.712. The van der Waals surface area contributed by atoms with Gasteiger partial charge >= 0.3 is 0 Å². The molecule has 2 atom stereocenters. The number of hydrogen-bond donors (Lipinski definition) is 1. The summed E-state index contributed by atoms with van der Waals surface area (Å²) >= 11 is 0. The zero-order valence-corrected chi connectivity index (χ0v) is 13.8. The van der Waals surface area contributed by atoms with Gasteiger partial charge in [-0.3, -0.25) is 0 Å². The standard InChI is InChI=1S/C18H31NO/c1-6-15(5)16-8-10-18(11-9-16)20-17(7-2)13-19-12-14(3)4/h8-11,14-15,17,19H,6-7,12-13H2,1-5H3. The Bertz CT molecular complexity index is 358. The Hall–Kier alpha value is -1.02. The van der Waals surface area contributed by atoms with Gasteiger partial charge in [0.25, 0.3) is 0 Å². The lowest BCUT2D eigenvalue weighted by Crippen LogP contribution is -2.33. The Morgan fingerprint density at radius 1 is 0.950 bits per heavy atom. The topological polar surface area (TPSA) is 21.3 Å². The molecule has 2 unspecified atom stereocenters. The molecule has 0 saturated heterocycles. The molecule has 1 rings (SSSR count). The van der Waals surface area contributed by atoms with E-state index in [1.54, 1.807) is 0 Å². The van der Waals surface area contributed by atoms with Gasteiger partial charge in [0.2, 0.25) is 0 Å². The molecule has 0 bridgehead atoms. The first-order chi connectivity index (χ1) is 9.56. The van der Waals surface area contributed by atoms with Gasteiger partial charge in [0.05, 0.1) is 0 Å². The Labute approximate surface area is 124 Å². The second-order valence-electron chi connectivity index (χ2n) is 6.08. The van der Waals surface area contributed by atoms with Crippen molar-refractivity contribution in [2.75, 3.05) is 13.1 Å². The third-order valence-electron chi connectivity index (χ3n) is 3.74. The van der Waals surface area contributed by atoms with Crippen molar-refractivity contribution < 1.29 is 4.74 Å². The van der Waals surface area contributed by atoms with Gasteiger partial charge in [0, 0.05) is 6.54 Å². The van der Waals surface area contributed by atoms with E-state index < -0.39 is 0 Å². The Morgan fingerprint density at radius 2 is 1.60 bits per heavy atom. The molecule has 0 amide bonds. The summed E-state index contributed by atoms with van der Waals surface area (Å²) < 4.78 is 6.05. The summed E-state index contributed by atoms with van der Waals surface area (Å²) in [6.45, 7) is 13.1. The van der Waals surface area contributed by atoms with Gasteiger partial charge in [-0.25, -0.2) is 0 Å². The monoisotopic (exact) mass is 277 g/mol. The van der Waals surface area contributed by atoms with Gasteiger partial charge in [-0.1, -0.05) is 46.8 Å². The highest BCUT2D eigenvalue weighted by atomic mass is 16.5. The van der Waals surface area contributed by atoms with E-state index >= 15 is 0 Å². The molecule has 0 heterocycles. The lowest BCUT2D eigenvalue weighted by molar-refractivity contribution is 0.192. The summed E-state index contributed by atoms with van der Waals surface area (Å²) in [7, 11) is 0. The molecule has 20 heavy (non-hydrogen) atoms. The zero-order chi connectivity index (χ0) is 15.0. The average molecular weight is 277 g/mol. The Morgan fingerprint density at radius 3 is 2.10 bits per heavy atom. The maximum absolute atomic E-state index is 6.05. The van der Waals surface area contributed by atoms with Crippen molar-refractivity contribution in [1.29, 1.82) is 0 Å². The predicted molar refractivity (Wildman–Crippen MR) is 87.6 cm³/mol. The largest absolute Gasteiger partial charge is 0.489 e. The minimum Gasteiger partial charge on any atom is -0.489 e. The molecule has 0 spiro atoms. The van der Waals surface area contributed by atoms with Crippen LogP contribution in [0.5, 0.6) is 5.75 Å². The van der Waals surface area contributed by atoms with Gasteiger partial charge in [0.1, 0.15) is 11.9 Å². The van der Waals surface area contributed by atoms with Crippen LogP contribution in [0.2, 0.25) is 0 Å². The first-order valence-electron chi connectivity index (χ1n) is 8.04. The van der Waals surface area contributed by atoms with E-state index in [0.717, 1.165) is 25.3 Å². The summed E-state index contributed by atoms with van der Waals surface area (Å²) in [6, 6.07) is 8.59. The van der Waals surface area contributed by atoms with Gasteiger partial charge in [0.15, 0.2) is 0 Å². The van der Waals surface area contributed by atoms with Gasteiger partial charge < -0.3 is 10.1 Å². The highest BCUT2D eigenvalue weighted by Crippen LogP contribution is 2.22. The first kappa shape index (κ1) is 17.0. The van der Waals surface area contributed by atoms with E-state index in [-0.39, 0.29) is 6.10 Å². The molecular weight excluding hydrogens is 246 g/mol. The van der Waals surface area contributed by atoms with Crippen LogP contribution in [-0.2, 0) is 0 Å². The van der Waals surface area contributed by atoms with Gasteiger partial charge in [-0.15, -0.1) is 0 Å². The molecule has 1 aromatic carbocycles. The first-order valence-corrected chi connectivity index (χ1v) is 8.04. The molecule has 0 aliphatic heterocycles. The predicted octanol–water partition coefficient (Wildman–Crippen LogP) is 4.60. The fraction of sp³-hybridized carbons (Fsp3) is 0.667. The summed E-state index contributed by atoms with van der Waals surface area (Å²) in [5, 5.41) is 3.47. The summed E-state index contributed by atoms with van der Waals surface area (Å²) in [6.07, 6.45) is 2.46. The number of nitrogens with one attached hydrogen (secondary N) is 1. The summed E-state index contributed by atoms with van der Waals surface area (Å²) in [5.74, 6) is 2.29. The molecular formula is C18H31NO. The molecule has 114 valence electrons. The van der Waals surface area contributed by atoms with Crippen LogP contribution in [0.25, 0.3) is 0 Å². The minimum atomic E-state index is 0.253. The molecule has 1 aromatic rings. The molecule has 0 aliphatic carbocycles. The van der Waals surface area contributed by atoms with Crippen LogP contribution in [0.4, 0.5) is 0 Å². The minimum absolute atomic E-state index is 0.253. The van der Waals surface area contributed by atoms with Crippen LogP contribution in [-0.4, -0.2) is 19.2 Å². The summed E-state index contributed by atoms with van der Waals surface area (Å²) in [5.41, 5.74) is 1.39. The zero-order valence-electron chi connectivity index (χ0n) is 13.8. The molecule has 1 N–H and O–H groups in total. The van der Waals surface area contributed by atoms with Crippen LogP contribution in [0.1, 0.15) is 58.9 Å². The van der Waals surface area contributed by atoms with E-state index in [0.29, 0.717) is 11.8 Å².